The minimum absolute atomic E-state index is 0.320. The van der Waals surface area contributed by atoms with Crippen molar-refractivity contribution in [1.29, 1.82) is 0 Å². The molecular formula is C25H30N4O5. The number of methoxy groups -OCH3 is 1. The highest BCUT2D eigenvalue weighted by Gasteiger charge is 2.49. The van der Waals surface area contributed by atoms with Crippen molar-refractivity contribution in [3.05, 3.63) is 59.7 Å². The summed E-state index contributed by atoms with van der Waals surface area (Å²) in [6.45, 7) is 4.86. The van der Waals surface area contributed by atoms with Crippen molar-refractivity contribution in [2.24, 2.45) is 0 Å². The van der Waals surface area contributed by atoms with Crippen LogP contribution >= 0.6 is 0 Å². The fraction of sp³-hybridized carbons (Fsp3) is 0.400. The van der Waals surface area contributed by atoms with Crippen LogP contribution in [0.25, 0.3) is 0 Å². The molecule has 34 heavy (non-hydrogen) atoms. The number of imide groups is 1. The lowest BCUT2D eigenvalue weighted by Gasteiger charge is -2.29. The van der Waals surface area contributed by atoms with Gasteiger partial charge < -0.3 is 24.6 Å². The Morgan fingerprint density at radius 2 is 1.74 bits per heavy atom. The van der Waals surface area contributed by atoms with Gasteiger partial charge in [0.2, 0.25) is 5.91 Å². The molecule has 0 radical (unpaired) electrons. The summed E-state index contributed by atoms with van der Waals surface area (Å²) in [5.74, 6) is -0.130. The topological polar surface area (TPSA) is 91.4 Å². The van der Waals surface area contributed by atoms with E-state index in [1.54, 1.807) is 45.3 Å². The molecule has 2 aliphatic rings. The van der Waals surface area contributed by atoms with Crippen LogP contribution in [-0.2, 0) is 26.4 Å². The molecule has 1 N–H and O–H groups in total. The van der Waals surface area contributed by atoms with Crippen LogP contribution in [0.4, 0.5) is 10.5 Å². The number of morpholine rings is 1. The molecule has 9 heteroatoms. The molecule has 0 unspecified atom stereocenters. The number of hydrogen-bond donors (Lipinski definition) is 1. The van der Waals surface area contributed by atoms with Crippen molar-refractivity contribution in [3.63, 3.8) is 0 Å². The van der Waals surface area contributed by atoms with E-state index in [0.29, 0.717) is 17.9 Å². The van der Waals surface area contributed by atoms with Crippen LogP contribution < -0.4 is 15.0 Å². The Labute approximate surface area is 199 Å². The Kier molecular flexibility index (Phi) is 6.74. The van der Waals surface area contributed by atoms with Gasteiger partial charge >= 0.3 is 6.03 Å². The van der Waals surface area contributed by atoms with Gasteiger partial charge in [-0.15, -0.1) is 0 Å². The quantitative estimate of drug-likeness (QED) is 0.628. The third kappa shape index (κ3) is 4.70. The number of urea groups is 1. The SMILES string of the molecule is COc1ccc([C@]2(C)NC(=O)N(CC(=O)N(C)Cc3ccc(N4CCOCC4)cc3)C2=O)cc1. The highest BCUT2D eigenvalue weighted by atomic mass is 16.5. The zero-order valence-electron chi connectivity index (χ0n) is 19.7. The van der Waals surface area contributed by atoms with Crippen LogP contribution in [0.2, 0.25) is 0 Å². The molecule has 4 rings (SSSR count). The number of nitrogens with one attached hydrogen (secondary N) is 1. The minimum Gasteiger partial charge on any atom is -0.497 e. The van der Waals surface area contributed by atoms with E-state index in [2.05, 4.69) is 10.2 Å². The van der Waals surface area contributed by atoms with Crippen LogP contribution in [0, 0.1) is 0 Å². The molecule has 2 saturated heterocycles. The lowest BCUT2D eigenvalue weighted by molar-refractivity contribution is -0.138. The van der Waals surface area contributed by atoms with Gasteiger partial charge in [0.1, 0.15) is 17.8 Å². The number of carbonyl (C=O) groups excluding carboxylic acids is 3. The predicted octanol–water partition coefficient (Wildman–Crippen LogP) is 1.96. The highest BCUT2D eigenvalue weighted by molar-refractivity contribution is 6.09. The van der Waals surface area contributed by atoms with E-state index in [0.717, 1.165) is 42.5 Å². The number of benzene rings is 2. The average molecular weight is 467 g/mol. The maximum absolute atomic E-state index is 13.1. The average Bonchev–Trinajstić information content (AvgIpc) is 3.08. The number of rotatable bonds is 7. The van der Waals surface area contributed by atoms with E-state index in [9.17, 15) is 14.4 Å². The molecule has 2 heterocycles. The summed E-state index contributed by atoms with van der Waals surface area (Å²) in [7, 11) is 3.22. The first-order chi connectivity index (χ1) is 16.3. The second-order valence-electron chi connectivity index (χ2n) is 8.69. The van der Waals surface area contributed by atoms with Crippen LogP contribution in [0.15, 0.2) is 48.5 Å². The van der Waals surface area contributed by atoms with Crippen molar-refractivity contribution in [1.82, 2.24) is 15.1 Å². The minimum atomic E-state index is -1.24. The standard InChI is InChI=1S/C25H30N4O5/c1-25(19-6-10-21(33-3)11-7-19)23(31)29(24(32)26-25)17-22(30)27(2)16-18-4-8-20(9-5-18)28-12-14-34-15-13-28/h4-11H,12-17H2,1-3H3,(H,26,32)/t25-/m0/s1. The molecule has 2 fully saturated rings. The van der Waals surface area contributed by atoms with Gasteiger partial charge in [0.05, 0.1) is 20.3 Å². The number of nitrogens with zero attached hydrogens (tertiary/aromatic N) is 3. The number of carbonyl (C=O) groups is 3. The Hall–Kier alpha value is -3.59. The third-order valence-electron chi connectivity index (χ3n) is 6.39. The van der Waals surface area contributed by atoms with Crippen molar-refractivity contribution in [2.45, 2.75) is 19.0 Å². The van der Waals surface area contributed by atoms with Crippen molar-refractivity contribution >= 4 is 23.5 Å². The summed E-state index contributed by atoms with van der Waals surface area (Å²) in [4.78, 5) is 43.3. The first-order valence-corrected chi connectivity index (χ1v) is 11.3. The van der Waals surface area contributed by atoms with Crippen LogP contribution in [0.3, 0.4) is 0 Å². The Balaban J connectivity index is 1.37. The van der Waals surface area contributed by atoms with E-state index in [4.69, 9.17) is 9.47 Å². The van der Waals surface area contributed by atoms with E-state index in [1.807, 2.05) is 24.3 Å². The predicted molar refractivity (Wildman–Crippen MR) is 127 cm³/mol. The van der Waals surface area contributed by atoms with Crippen LogP contribution in [0.1, 0.15) is 18.1 Å². The molecule has 1 atom stereocenters. The van der Waals surface area contributed by atoms with Gasteiger partial charge in [-0.05, 0) is 42.3 Å². The Bertz CT molecular complexity index is 1050. The fourth-order valence-corrected chi connectivity index (χ4v) is 4.21. The van der Waals surface area contributed by atoms with Crippen molar-refractivity contribution in [3.8, 4) is 5.75 Å². The van der Waals surface area contributed by atoms with Gasteiger partial charge in [-0.1, -0.05) is 24.3 Å². The molecule has 0 saturated carbocycles. The maximum Gasteiger partial charge on any atom is 0.325 e. The van der Waals surface area contributed by atoms with Gasteiger partial charge in [0, 0.05) is 32.4 Å². The molecule has 9 nitrogen and oxygen atoms in total. The van der Waals surface area contributed by atoms with E-state index in [-0.39, 0.29) is 12.5 Å². The molecule has 2 aliphatic heterocycles. The number of ether oxygens (including phenoxy) is 2. The number of anilines is 1. The van der Waals surface area contributed by atoms with Crippen LogP contribution in [0.5, 0.6) is 5.75 Å². The van der Waals surface area contributed by atoms with E-state index < -0.39 is 17.5 Å². The van der Waals surface area contributed by atoms with E-state index >= 15 is 0 Å². The first kappa shape index (κ1) is 23.6. The fourth-order valence-electron chi connectivity index (χ4n) is 4.21. The second-order valence-corrected chi connectivity index (χ2v) is 8.69. The second kappa shape index (κ2) is 9.72. The lowest BCUT2D eigenvalue weighted by Crippen LogP contribution is -2.43. The van der Waals surface area contributed by atoms with Crippen LogP contribution in [-0.4, -0.2) is 74.7 Å². The lowest BCUT2D eigenvalue weighted by atomic mass is 9.92. The summed E-state index contributed by atoms with van der Waals surface area (Å²) in [6.07, 6.45) is 0. The maximum atomic E-state index is 13.1. The zero-order valence-corrected chi connectivity index (χ0v) is 19.7. The molecule has 0 spiro atoms. The third-order valence-corrected chi connectivity index (χ3v) is 6.39. The van der Waals surface area contributed by atoms with Gasteiger partial charge in [-0.3, -0.25) is 14.5 Å². The van der Waals surface area contributed by atoms with Gasteiger partial charge in [0.15, 0.2) is 0 Å². The number of hydrogen-bond acceptors (Lipinski definition) is 6. The van der Waals surface area contributed by atoms with Crippen molar-refractivity contribution < 1.29 is 23.9 Å². The molecule has 0 aliphatic carbocycles. The summed E-state index contributed by atoms with van der Waals surface area (Å²) < 4.78 is 10.6. The smallest absolute Gasteiger partial charge is 0.325 e. The molecule has 2 aromatic rings. The summed E-state index contributed by atoms with van der Waals surface area (Å²) in [5, 5.41) is 2.73. The van der Waals surface area contributed by atoms with Gasteiger partial charge in [-0.25, -0.2) is 4.79 Å². The molecule has 0 bridgehead atoms. The zero-order chi connectivity index (χ0) is 24.3. The number of amides is 4. The van der Waals surface area contributed by atoms with Gasteiger partial charge in [0.25, 0.3) is 5.91 Å². The Morgan fingerprint density at radius 1 is 1.09 bits per heavy atom. The normalized spacial score (nSPS) is 20.3. The molecule has 180 valence electrons. The largest absolute Gasteiger partial charge is 0.497 e. The Morgan fingerprint density at radius 3 is 2.35 bits per heavy atom. The molecule has 2 aromatic carbocycles. The molecule has 0 aromatic heterocycles. The van der Waals surface area contributed by atoms with Gasteiger partial charge in [-0.2, -0.15) is 0 Å². The summed E-state index contributed by atoms with van der Waals surface area (Å²) in [6, 6.07) is 14.4. The first-order valence-electron chi connectivity index (χ1n) is 11.3. The van der Waals surface area contributed by atoms with E-state index in [1.165, 1.54) is 4.90 Å². The molecular weight excluding hydrogens is 436 g/mol. The monoisotopic (exact) mass is 466 g/mol. The summed E-state index contributed by atoms with van der Waals surface area (Å²) in [5.41, 5.74) is 1.47. The van der Waals surface area contributed by atoms with Crippen molar-refractivity contribution in [2.75, 3.05) is 51.9 Å². The number of likely N-dealkylation sites (N-methyl/N-ethyl adjacent to an activating group) is 1. The molecule has 4 amide bonds. The summed E-state index contributed by atoms with van der Waals surface area (Å²) >= 11 is 0. The highest BCUT2D eigenvalue weighted by Crippen LogP contribution is 2.30.